The van der Waals surface area contributed by atoms with Crippen molar-refractivity contribution in [2.75, 3.05) is 19.5 Å². The molecule has 0 saturated carbocycles. The third-order valence-electron chi connectivity index (χ3n) is 3.09. The number of ether oxygens (including phenoxy) is 2. The van der Waals surface area contributed by atoms with E-state index in [2.05, 4.69) is 15.4 Å². The van der Waals surface area contributed by atoms with Crippen LogP contribution in [0.15, 0.2) is 23.6 Å². The Labute approximate surface area is 130 Å². The average molecular weight is 318 g/mol. The molecule has 0 spiro atoms. The van der Waals surface area contributed by atoms with E-state index in [0.717, 1.165) is 10.7 Å². The van der Waals surface area contributed by atoms with Crippen LogP contribution >= 0.6 is 11.3 Å². The first-order chi connectivity index (χ1) is 10.6. The second kappa shape index (κ2) is 5.64. The second-order valence-electron chi connectivity index (χ2n) is 4.56. The van der Waals surface area contributed by atoms with Crippen molar-refractivity contribution in [1.82, 2.24) is 14.6 Å². The number of methoxy groups -OCH3 is 2. The predicted molar refractivity (Wildman–Crippen MR) is 83.1 cm³/mol. The molecule has 7 nitrogen and oxygen atoms in total. The van der Waals surface area contributed by atoms with E-state index in [0.29, 0.717) is 17.1 Å². The van der Waals surface area contributed by atoms with Gasteiger partial charge in [-0.25, -0.2) is 4.52 Å². The molecule has 3 rings (SSSR count). The van der Waals surface area contributed by atoms with Gasteiger partial charge in [0.2, 0.25) is 4.96 Å². The van der Waals surface area contributed by atoms with Crippen LogP contribution in [-0.4, -0.2) is 34.7 Å². The second-order valence-corrected chi connectivity index (χ2v) is 5.40. The number of hydrogen-bond acceptors (Lipinski definition) is 6. The molecule has 0 radical (unpaired) electrons. The number of fused-ring (bicyclic) bond motifs is 1. The Hall–Kier alpha value is -2.61. The molecule has 1 N–H and O–H groups in total. The van der Waals surface area contributed by atoms with Crippen LogP contribution in [-0.2, 0) is 0 Å². The molecule has 1 aromatic carbocycles. The van der Waals surface area contributed by atoms with E-state index in [-0.39, 0.29) is 11.9 Å². The Morgan fingerprint density at radius 2 is 1.91 bits per heavy atom. The van der Waals surface area contributed by atoms with Gasteiger partial charge in [0, 0.05) is 17.0 Å². The van der Waals surface area contributed by atoms with Gasteiger partial charge in [-0.05, 0) is 19.1 Å². The molecule has 0 aliphatic rings. The third-order valence-corrected chi connectivity index (χ3v) is 4.02. The highest BCUT2D eigenvalue weighted by Gasteiger charge is 2.14. The normalized spacial score (nSPS) is 10.7. The monoisotopic (exact) mass is 318 g/mol. The maximum absolute atomic E-state index is 12.3. The highest BCUT2D eigenvalue weighted by atomic mass is 32.1. The molecule has 0 saturated heterocycles. The zero-order chi connectivity index (χ0) is 15.7. The maximum atomic E-state index is 12.3. The summed E-state index contributed by atoms with van der Waals surface area (Å²) in [6, 6.07) is 4.95. The van der Waals surface area contributed by atoms with Gasteiger partial charge in [0.15, 0.2) is 0 Å². The van der Waals surface area contributed by atoms with Crippen molar-refractivity contribution < 1.29 is 14.3 Å². The molecule has 0 aliphatic heterocycles. The van der Waals surface area contributed by atoms with Crippen LogP contribution in [0.25, 0.3) is 4.96 Å². The van der Waals surface area contributed by atoms with Gasteiger partial charge in [-0.2, -0.15) is 4.98 Å². The van der Waals surface area contributed by atoms with Gasteiger partial charge in [0.05, 0.1) is 19.9 Å². The molecule has 2 aromatic heterocycles. The quantitative estimate of drug-likeness (QED) is 0.799. The van der Waals surface area contributed by atoms with Gasteiger partial charge in [-0.15, -0.1) is 16.4 Å². The van der Waals surface area contributed by atoms with Crippen LogP contribution in [0.3, 0.4) is 0 Å². The topological polar surface area (TPSA) is 77.8 Å². The van der Waals surface area contributed by atoms with Gasteiger partial charge in [-0.1, -0.05) is 0 Å². The minimum absolute atomic E-state index is 0.265. The molecule has 2 heterocycles. The van der Waals surface area contributed by atoms with Crippen molar-refractivity contribution in [3.8, 4) is 11.5 Å². The summed E-state index contributed by atoms with van der Waals surface area (Å²) in [5.41, 5.74) is 1.38. The smallest absolute Gasteiger partial charge is 0.258 e. The average Bonchev–Trinajstić information content (AvgIpc) is 3.08. The molecular formula is C14H14N4O3S. The highest BCUT2D eigenvalue weighted by molar-refractivity contribution is 7.15. The zero-order valence-electron chi connectivity index (χ0n) is 12.3. The van der Waals surface area contributed by atoms with Crippen molar-refractivity contribution in [2.45, 2.75) is 6.92 Å². The summed E-state index contributed by atoms with van der Waals surface area (Å²) in [7, 11) is 3.06. The number of aromatic nitrogens is 3. The molecule has 0 aliphatic carbocycles. The lowest BCUT2D eigenvalue weighted by Crippen LogP contribution is -2.13. The zero-order valence-corrected chi connectivity index (χ0v) is 13.1. The number of rotatable bonds is 4. The van der Waals surface area contributed by atoms with Crippen molar-refractivity contribution in [1.29, 1.82) is 0 Å². The van der Waals surface area contributed by atoms with E-state index < -0.39 is 0 Å². The maximum Gasteiger partial charge on any atom is 0.258 e. The molecule has 1 amide bonds. The summed E-state index contributed by atoms with van der Waals surface area (Å²) < 4.78 is 12.0. The van der Waals surface area contributed by atoms with Crippen molar-refractivity contribution >= 4 is 28.2 Å². The number of carbonyl (C=O) groups excluding carboxylic acids is 1. The molecule has 22 heavy (non-hydrogen) atoms. The molecule has 3 aromatic rings. The van der Waals surface area contributed by atoms with Gasteiger partial charge >= 0.3 is 0 Å². The molecule has 114 valence electrons. The molecular weight excluding hydrogens is 304 g/mol. The minimum atomic E-state index is -0.326. The molecule has 0 atom stereocenters. The number of thiazole rings is 1. The number of aryl methyl sites for hydroxylation is 1. The summed E-state index contributed by atoms with van der Waals surface area (Å²) in [5.74, 6) is 1.02. The lowest BCUT2D eigenvalue weighted by atomic mass is 10.2. The van der Waals surface area contributed by atoms with Crippen LogP contribution in [0.4, 0.5) is 5.95 Å². The predicted octanol–water partition coefficient (Wildman–Crippen LogP) is 2.37. The van der Waals surface area contributed by atoms with E-state index in [4.69, 9.17) is 9.47 Å². The highest BCUT2D eigenvalue weighted by Crippen LogP contribution is 2.23. The summed E-state index contributed by atoms with van der Waals surface area (Å²) in [6.07, 6.45) is 0. The van der Waals surface area contributed by atoms with Crippen LogP contribution < -0.4 is 14.8 Å². The number of nitrogens with zero attached hydrogens (tertiary/aromatic N) is 3. The Kier molecular flexibility index (Phi) is 3.68. The first-order valence-electron chi connectivity index (χ1n) is 6.46. The Bertz CT molecular complexity index is 818. The van der Waals surface area contributed by atoms with E-state index in [1.807, 2.05) is 12.3 Å². The Morgan fingerprint density at radius 3 is 2.50 bits per heavy atom. The van der Waals surface area contributed by atoms with E-state index in [1.165, 1.54) is 25.6 Å². The SMILES string of the molecule is COc1cc(OC)cc(C(=O)Nc2nc3scc(C)n3n2)c1. The fourth-order valence-corrected chi connectivity index (χ4v) is 2.76. The molecule has 8 heteroatoms. The lowest BCUT2D eigenvalue weighted by Gasteiger charge is -2.07. The number of benzene rings is 1. The first-order valence-corrected chi connectivity index (χ1v) is 7.34. The number of anilines is 1. The van der Waals surface area contributed by atoms with Crippen LogP contribution in [0, 0.1) is 6.92 Å². The van der Waals surface area contributed by atoms with Gasteiger partial charge in [0.1, 0.15) is 11.5 Å². The number of nitrogens with one attached hydrogen (secondary N) is 1. The summed E-state index contributed by atoms with van der Waals surface area (Å²) in [6.45, 7) is 1.93. The summed E-state index contributed by atoms with van der Waals surface area (Å²) in [4.78, 5) is 17.3. The molecule has 0 fully saturated rings. The molecule has 0 bridgehead atoms. The standard InChI is InChI=1S/C14H14N4O3S/c1-8-7-22-14-16-13(17-18(8)14)15-12(19)9-4-10(20-2)6-11(5-9)21-3/h4-7H,1-3H3,(H,15,17,19). The van der Waals surface area contributed by atoms with E-state index in [1.54, 1.807) is 22.7 Å². The lowest BCUT2D eigenvalue weighted by molar-refractivity contribution is 0.102. The van der Waals surface area contributed by atoms with Crippen molar-refractivity contribution in [3.05, 3.63) is 34.8 Å². The van der Waals surface area contributed by atoms with Crippen LogP contribution in [0.5, 0.6) is 11.5 Å². The fraction of sp³-hybridized carbons (Fsp3) is 0.214. The van der Waals surface area contributed by atoms with Crippen molar-refractivity contribution in [2.24, 2.45) is 0 Å². The molecule has 0 unspecified atom stereocenters. The van der Waals surface area contributed by atoms with E-state index >= 15 is 0 Å². The summed E-state index contributed by atoms with van der Waals surface area (Å²) in [5, 5.41) is 8.87. The van der Waals surface area contributed by atoms with Crippen LogP contribution in [0.1, 0.15) is 16.1 Å². The van der Waals surface area contributed by atoms with Gasteiger partial charge in [0.25, 0.3) is 11.9 Å². The number of hydrogen-bond donors (Lipinski definition) is 1. The van der Waals surface area contributed by atoms with Crippen LogP contribution in [0.2, 0.25) is 0 Å². The minimum Gasteiger partial charge on any atom is -0.497 e. The fourth-order valence-electron chi connectivity index (χ4n) is 1.96. The summed E-state index contributed by atoms with van der Waals surface area (Å²) >= 11 is 1.47. The van der Waals surface area contributed by atoms with Gasteiger partial charge < -0.3 is 9.47 Å². The largest absolute Gasteiger partial charge is 0.497 e. The number of amides is 1. The van der Waals surface area contributed by atoms with Crippen molar-refractivity contribution in [3.63, 3.8) is 0 Å². The Balaban J connectivity index is 1.87. The Morgan fingerprint density at radius 1 is 1.23 bits per heavy atom. The van der Waals surface area contributed by atoms with Gasteiger partial charge in [-0.3, -0.25) is 10.1 Å². The van der Waals surface area contributed by atoms with E-state index in [9.17, 15) is 4.79 Å². The third kappa shape index (κ3) is 2.60. The number of carbonyl (C=O) groups is 1. The first kappa shape index (κ1) is 14.3.